The maximum Gasteiger partial charge on any atom is 0.416 e. The van der Waals surface area contributed by atoms with E-state index in [2.05, 4.69) is 5.32 Å². The highest BCUT2D eigenvalue weighted by atomic mass is 35.5. The molecule has 2 N–H and O–H groups in total. The third kappa shape index (κ3) is 2.99. The second-order valence-electron chi connectivity index (χ2n) is 10.0. The molecule has 4 aliphatic rings. The number of hydrogen-bond donors (Lipinski definition) is 2. The number of aliphatic carboxylic acids is 1. The average Bonchev–Trinajstić information content (AvgIpc) is 3.22. The van der Waals surface area contributed by atoms with Crippen molar-refractivity contribution >= 4 is 45.0 Å². The van der Waals surface area contributed by atoms with E-state index >= 15 is 0 Å². The molecule has 7 rings (SSSR count). The molecule has 2 heterocycles. The minimum absolute atomic E-state index is 0.134. The third-order valence-corrected chi connectivity index (χ3v) is 9.38. The molecular weight excluding hydrogens is 489 g/mol. The van der Waals surface area contributed by atoms with Crippen LogP contribution >= 0.6 is 22.9 Å². The van der Waals surface area contributed by atoms with Gasteiger partial charge in [0.05, 0.1) is 26.8 Å². The molecule has 2 bridgehead atoms. The van der Waals surface area contributed by atoms with Gasteiger partial charge >= 0.3 is 12.1 Å². The number of carboxylic acids is 1. The third-order valence-electron chi connectivity index (χ3n) is 8.02. The second kappa shape index (κ2) is 6.79. The van der Waals surface area contributed by atoms with Gasteiger partial charge in [-0.15, -0.1) is 11.3 Å². The van der Waals surface area contributed by atoms with E-state index in [1.807, 2.05) is 10.6 Å². The van der Waals surface area contributed by atoms with E-state index in [1.165, 1.54) is 23.5 Å². The van der Waals surface area contributed by atoms with E-state index in [-0.39, 0.29) is 16.9 Å². The zero-order valence-electron chi connectivity index (χ0n) is 17.8. The molecule has 1 aromatic carbocycles. The predicted molar refractivity (Wildman–Crippen MR) is 121 cm³/mol. The fourth-order valence-corrected chi connectivity index (χ4v) is 7.44. The largest absolute Gasteiger partial charge is 0.481 e. The van der Waals surface area contributed by atoms with Crippen LogP contribution in [0.25, 0.3) is 10.2 Å². The van der Waals surface area contributed by atoms with Crippen LogP contribution in [0.15, 0.2) is 36.5 Å². The molecule has 0 saturated heterocycles. The van der Waals surface area contributed by atoms with Crippen LogP contribution < -0.4 is 5.32 Å². The standard InChI is InChI=1S/C24H20ClF3N2O3S/c25-18-16(19(31)29-23(6-7-23)22-10-21(11-22,12-22)20(32)33)17-15(34-18)5-8-30(17)9-13-1-3-14(4-2-13)24(26,27)28/h1-5,8H,6-7,9-12H2,(H,29,31)(H,32,33). The van der Waals surface area contributed by atoms with Gasteiger partial charge in [-0.25, -0.2) is 0 Å². The van der Waals surface area contributed by atoms with E-state index in [0.717, 1.165) is 29.7 Å². The van der Waals surface area contributed by atoms with Gasteiger partial charge in [-0.3, -0.25) is 9.59 Å². The highest BCUT2D eigenvalue weighted by Crippen LogP contribution is 2.81. The topological polar surface area (TPSA) is 71.3 Å². The number of nitrogens with zero attached hydrogens (tertiary/aromatic N) is 1. The molecule has 0 radical (unpaired) electrons. The molecule has 4 saturated carbocycles. The van der Waals surface area contributed by atoms with E-state index in [4.69, 9.17) is 11.6 Å². The zero-order valence-corrected chi connectivity index (χ0v) is 19.4. The number of benzene rings is 1. The lowest BCUT2D eigenvalue weighted by Gasteiger charge is -2.71. The molecule has 4 fully saturated rings. The lowest BCUT2D eigenvalue weighted by atomic mass is 9.32. The summed E-state index contributed by atoms with van der Waals surface area (Å²) in [5.41, 5.74) is -0.128. The highest BCUT2D eigenvalue weighted by Gasteiger charge is 2.81. The van der Waals surface area contributed by atoms with Gasteiger partial charge in [0.1, 0.15) is 4.34 Å². The number of hydrogen-bond acceptors (Lipinski definition) is 3. The Hall–Kier alpha value is -2.52. The summed E-state index contributed by atoms with van der Waals surface area (Å²) in [4.78, 5) is 24.9. The Labute approximate surface area is 201 Å². The first kappa shape index (κ1) is 22.0. The van der Waals surface area contributed by atoms with Crippen molar-refractivity contribution in [1.29, 1.82) is 0 Å². The number of carbonyl (C=O) groups is 2. The monoisotopic (exact) mass is 508 g/mol. The van der Waals surface area contributed by atoms with Crippen LogP contribution in [0.3, 0.4) is 0 Å². The second-order valence-corrected chi connectivity index (χ2v) is 11.7. The number of carboxylic acid groups (broad SMARTS) is 1. The summed E-state index contributed by atoms with van der Waals surface area (Å²) in [5.74, 6) is -1.03. The van der Waals surface area contributed by atoms with Crippen LogP contribution in [0.2, 0.25) is 4.34 Å². The minimum atomic E-state index is -4.39. The summed E-state index contributed by atoms with van der Waals surface area (Å²) >= 11 is 7.76. The van der Waals surface area contributed by atoms with Crippen LogP contribution in [-0.4, -0.2) is 27.1 Å². The molecule has 0 aliphatic heterocycles. The van der Waals surface area contributed by atoms with Crippen molar-refractivity contribution in [2.45, 2.75) is 50.4 Å². The molecule has 0 atom stereocenters. The maximum atomic E-state index is 13.4. The molecule has 34 heavy (non-hydrogen) atoms. The normalized spacial score (nSPS) is 26.6. The van der Waals surface area contributed by atoms with E-state index in [0.29, 0.717) is 46.8 Å². The zero-order chi connectivity index (χ0) is 24.1. The van der Waals surface area contributed by atoms with Gasteiger partial charge in [0.2, 0.25) is 0 Å². The van der Waals surface area contributed by atoms with E-state index < -0.39 is 23.1 Å². The Morgan fingerprint density at radius 1 is 1.12 bits per heavy atom. The summed E-state index contributed by atoms with van der Waals surface area (Å²) in [7, 11) is 0. The average molecular weight is 509 g/mol. The van der Waals surface area contributed by atoms with E-state index in [9.17, 15) is 27.9 Å². The van der Waals surface area contributed by atoms with Gasteiger partial charge in [0.25, 0.3) is 5.91 Å². The molecular formula is C24H20ClF3N2O3S. The molecule has 0 unspecified atom stereocenters. The number of thiophene rings is 1. The summed E-state index contributed by atoms with van der Waals surface area (Å²) in [6, 6.07) is 6.81. The van der Waals surface area contributed by atoms with Crippen LogP contribution in [0, 0.1) is 10.8 Å². The molecule has 1 amide bonds. The van der Waals surface area contributed by atoms with Gasteiger partial charge in [0, 0.05) is 18.3 Å². The predicted octanol–water partition coefficient (Wildman–Crippen LogP) is 5.94. The smallest absolute Gasteiger partial charge is 0.416 e. The lowest BCUT2D eigenvalue weighted by molar-refractivity contribution is -0.236. The van der Waals surface area contributed by atoms with Crippen molar-refractivity contribution in [3.63, 3.8) is 0 Å². The number of rotatable bonds is 6. The van der Waals surface area contributed by atoms with Crippen LogP contribution in [0.1, 0.15) is 53.6 Å². The Morgan fingerprint density at radius 2 is 1.76 bits per heavy atom. The summed E-state index contributed by atoms with van der Waals surface area (Å²) in [5, 5.41) is 12.6. The number of fused-ring (bicyclic) bond motifs is 1. The molecule has 10 heteroatoms. The van der Waals surface area contributed by atoms with Gasteiger partial charge < -0.3 is 15.0 Å². The Balaban J connectivity index is 1.25. The van der Waals surface area contributed by atoms with Crippen molar-refractivity contribution in [2.75, 3.05) is 0 Å². The number of carbonyl (C=O) groups excluding carboxylic acids is 1. The minimum Gasteiger partial charge on any atom is -0.481 e. The summed E-state index contributed by atoms with van der Waals surface area (Å²) in [6.45, 7) is 0.297. The fraction of sp³-hybridized carbons (Fsp3) is 0.417. The number of alkyl halides is 3. The maximum absolute atomic E-state index is 13.4. The van der Waals surface area contributed by atoms with Crippen LogP contribution in [0.5, 0.6) is 0 Å². The first-order valence-corrected chi connectivity index (χ1v) is 12.2. The Kier molecular flexibility index (Phi) is 4.39. The van der Waals surface area contributed by atoms with Crippen molar-refractivity contribution in [3.8, 4) is 0 Å². The first-order chi connectivity index (χ1) is 16.0. The van der Waals surface area contributed by atoms with Gasteiger partial charge in [-0.1, -0.05) is 23.7 Å². The fourth-order valence-electron chi connectivity index (χ4n) is 6.08. The summed E-state index contributed by atoms with van der Waals surface area (Å²) < 4.78 is 41.6. The van der Waals surface area contributed by atoms with Gasteiger partial charge in [-0.2, -0.15) is 13.2 Å². The Morgan fingerprint density at radius 3 is 2.32 bits per heavy atom. The summed E-state index contributed by atoms with van der Waals surface area (Å²) in [6.07, 6.45) is 0.870. The van der Waals surface area contributed by atoms with Crippen molar-refractivity contribution in [2.24, 2.45) is 10.8 Å². The SMILES string of the molecule is O=C(NC1(C23CC(C(=O)O)(C2)C3)CC1)c1c(Cl)sc2ccn(Cc3ccc(C(F)(F)F)cc3)c12. The molecule has 3 aromatic rings. The quantitative estimate of drug-likeness (QED) is 0.433. The molecule has 5 nitrogen and oxygen atoms in total. The number of amides is 1. The number of nitrogens with one attached hydrogen (secondary N) is 1. The van der Waals surface area contributed by atoms with Gasteiger partial charge in [0.15, 0.2) is 0 Å². The van der Waals surface area contributed by atoms with Gasteiger partial charge in [-0.05, 0) is 61.3 Å². The van der Waals surface area contributed by atoms with E-state index in [1.54, 1.807) is 6.20 Å². The molecule has 178 valence electrons. The highest BCUT2D eigenvalue weighted by molar-refractivity contribution is 7.23. The number of halogens is 4. The molecule has 2 aromatic heterocycles. The lowest BCUT2D eigenvalue weighted by Crippen LogP contribution is -2.73. The molecule has 4 aliphatic carbocycles. The first-order valence-electron chi connectivity index (χ1n) is 11.0. The van der Waals surface area contributed by atoms with Crippen molar-refractivity contribution < 1.29 is 27.9 Å². The van der Waals surface area contributed by atoms with Crippen LogP contribution in [-0.2, 0) is 17.5 Å². The van der Waals surface area contributed by atoms with Crippen LogP contribution in [0.4, 0.5) is 13.2 Å². The van der Waals surface area contributed by atoms with Crippen molar-refractivity contribution in [1.82, 2.24) is 9.88 Å². The number of aromatic nitrogens is 1. The Bertz CT molecular complexity index is 1330. The molecule has 0 spiro atoms. The van der Waals surface area contributed by atoms with Crippen molar-refractivity contribution in [3.05, 3.63) is 57.6 Å².